The standard InChI is InChI=1S/C20H17N3O5/c1-13-18(20(25)28-2)17(10-14-5-7-16(8-6-14)23(26)27)19(24)22(13)12-15-4-3-9-21-11-15/h3-11H,12H2,1-2H3. The first-order valence-electron chi connectivity index (χ1n) is 8.39. The van der Waals surface area contributed by atoms with Gasteiger partial charge in [0, 0.05) is 30.2 Å². The van der Waals surface area contributed by atoms with E-state index in [-0.39, 0.29) is 29.3 Å². The number of rotatable bonds is 5. The number of non-ortho nitro benzene ring substituents is 1. The fourth-order valence-electron chi connectivity index (χ4n) is 2.95. The first-order chi connectivity index (χ1) is 13.4. The number of allylic oxidation sites excluding steroid dienone is 1. The van der Waals surface area contributed by atoms with E-state index in [9.17, 15) is 19.7 Å². The lowest BCUT2D eigenvalue weighted by Gasteiger charge is -2.17. The fourth-order valence-corrected chi connectivity index (χ4v) is 2.95. The predicted molar refractivity (Wildman–Crippen MR) is 101 cm³/mol. The minimum Gasteiger partial charge on any atom is -0.465 e. The van der Waals surface area contributed by atoms with Gasteiger partial charge in [-0.2, -0.15) is 0 Å². The number of methoxy groups -OCH3 is 1. The molecule has 142 valence electrons. The van der Waals surface area contributed by atoms with E-state index in [1.807, 2.05) is 6.07 Å². The van der Waals surface area contributed by atoms with Crippen LogP contribution in [0.1, 0.15) is 18.1 Å². The van der Waals surface area contributed by atoms with Crippen molar-refractivity contribution < 1.29 is 19.2 Å². The summed E-state index contributed by atoms with van der Waals surface area (Å²) in [6.45, 7) is 1.94. The average molecular weight is 379 g/mol. The molecule has 0 saturated carbocycles. The van der Waals surface area contributed by atoms with Crippen molar-refractivity contribution in [3.8, 4) is 0 Å². The molecule has 0 atom stereocenters. The summed E-state index contributed by atoms with van der Waals surface area (Å²) in [5, 5.41) is 10.8. The Hall–Kier alpha value is -3.81. The third kappa shape index (κ3) is 3.66. The molecule has 28 heavy (non-hydrogen) atoms. The highest BCUT2D eigenvalue weighted by Crippen LogP contribution is 2.33. The van der Waals surface area contributed by atoms with Gasteiger partial charge in [-0.25, -0.2) is 4.79 Å². The van der Waals surface area contributed by atoms with E-state index in [1.165, 1.54) is 42.4 Å². The number of nitro benzene ring substituents is 1. The SMILES string of the molecule is COC(=O)C1=C(C)N(Cc2cccnc2)C(=O)C1=Cc1ccc([N+](=O)[O-])cc1. The van der Waals surface area contributed by atoms with Crippen molar-refractivity contribution in [1.82, 2.24) is 9.88 Å². The number of benzene rings is 1. The van der Waals surface area contributed by atoms with E-state index in [2.05, 4.69) is 4.98 Å². The number of carbonyl (C=O) groups is 2. The van der Waals surface area contributed by atoms with Crippen LogP contribution in [0.5, 0.6) is 0 Å². The predicted octanol–water partition coefficient (Wildman–Crippen LogP) is 2.86. The van der Waals surface area contributed by atoms with Gasteiger partial charge in [-0.15, -0.1) is 0 Å². The van der Waals surface area contributed by atoms with Gasteiger partial charge in [-0.1, -0.05) is 6.07 Å². The number of amides is 1. The molecule has 2 aromatic rings. The Bertz CT molecular complexity index is 994. The number of hydrogen-bond donors (Lipinski definition) is 0. The normalized spacial score (nSPS) is 15.3. The summed E-state index contributed by atoms with van der Waals surface area (Å²) in [6, 6.07) is 9.33. The van der Waals surface area contributed by atoms with Gasteiger partial charge in [0.1, 0.15) is 0 Å². The summed E-state index contributed by atoms with van der Waals surface area (Å²) in [5.74, 6) is -0.965. The molecule has 8 heteroatoms. The number of hydrogen-bond acceptors (Lipinski definition) is 6. The monoisotopic (exact) mass is 379 g/mol. The summed E-state index contributed by atoms with van der Waals surface area (Å²) in [4.78, 5) is 41.1. The van der Waals surface area contributed by atoms with E-state index in [4.69, 9.17) is 4.74 Å². The van der Waals surface area contributed by atoms with Crippen LogP contribution in [0.25, 0.3) is 6.08 Å². The van der Waals surface area contributed by atoms with E-state index >= 15 is 0 Å². The van der Waals surface area contributed by atoms with Gasteiger partial charge in [-0.05, 0) is 42.3 Å². The minimum absolute atomic E-state index is 0.0574. The number of aromatic nitrogens is 1. The average Bonchev–Trinajstić information content (AvgIpc) is 2.93. The second-order valence-corrected chi connectivity index (χ2v) is 6.11. The molecule has 0 unspecified atom stereocenters. The zero-order chi connectivity index (χ0) is 20.3. The van der Waals surface area contributed by atoms with Crippen LogP contribution >= 0.6 is 0 Å². The van der Waals surface area contributed by atoms with E-state index in [0.717, 1.165) is 5.56 Å². The van der Waals surface area contributed by atoms with E-state index in [0.29, 0.717) is 11.3 Å². The largest absolute Gasteiger partial charge is 0.465 e. The van der Waals surface area contributed by atoms with Crippen molar-refractivity contribution >= 4 is 23.6 Å². The maximum Gasteiger partial charge on any atom is 0.340 e. The molecule has 0 N–H and O–H groups in total. The first-order valence-corrected chi connectivity index (χ1v) is 8.39. The molecule has 0 spiro atoms. The quantitative estimate of drug-likeness (QED) is 0.343. The van der Waals surface area contributed by atoms with Crippen molar-refractivity contribution in [2.45, 2.75) is 13.5 Å². The maximum absolute atomic E-state index is 13.0. The van der Waals surface area contributed by atoms with Crippen LogP contribution in [0, 0.1) is 10.1 Å². The van der Waals surface area contributed by atoms with Gasteiger partial charge in [0.15, 0.2) is 0 Å². The first kappa shape index (κ1) is 19.0. The topological polar surface area (TPSA) is 103 Å². The zero-order valence-electron chi connectivity index (χ0n) is 15.3. The van der Waals surface area contributed by atoms with Crippen LogP contribution < -0.4 is 0 Å². The molecule has 1 amide bonds. The summed E-state index contributed by atoms with van der Waals surface area (Å²) < 4.78 is 4.85. The minimum atomic E-state index is -0.618. The van der Waals surface area contributed by atoms with Crippen molar-refractivity contribution in [3.63, 3.8) is 0 Å². The van der Waals surface area contributed by atoms with E-state index in [1.54, 1.807) is 25.4 Å². The Kier molecular flexibility index (Phi) is 5.30. The highest BCUT2D eigenvalue weighted by Gasteiger charge is 2.37. The number of ether oxygens (including phenoxy) is 1. The van der Waals surface area contributed by atoms with Crippen LogP contribution in [0.3, 0.4) is 0 Å². The van der Waals surface area contributed by atoms with Gasteiger partial charge >= 0.3 is 5.97 Å². The molecule has 0 bridgehead atoms. The fraction of sp³-hybridized carbons (Fsp3) is 0.150. The number of pyridine rings is 1. The molecule has 1 aliphatic heterocycles. The molecule has 0 saturated heterocycles. The number of nitrogens with zero attached hydrogens (tertiary/aromatic N) is 3. The van der Waals surface area contributed by atoms with Gasteiger partial charge in [0.25, 0.3) is 11.6 Å². The highest BCUT2D eigenvalue weighted by molar-refractivity contribution is 6.16. The van der Waals surface area contributed by atoms with Gasteiger partial charge in [0.2, 0.25) is 0 Å². The lowest BCUT2D eigenvalue weighted by Crippen LogP contribution is -2.24. The second kappa shape index (κ2) is 7.83. The Balaban J connectivity index is 2.00. The summed E-state index contributed by atoms with van der Waals surface area (Å²) in [5.41, 5.74) is 2.16. The van der Waals surface area contributed by atoms with Crippen molar-refractivity contribution in [2.24, 2.45) is 0 Å². The lowest BCUT2D eigenvalue weighted by atomic mass is 10.0. The highest BCUT2D eigenvalue weighted by atomic mass is 16.6. The van der Waals surface area contributed by atoms with Crippen LogP contribution in [0.15, 0.2) is 65.6 Å². The maximum atomic E-state index is 13.0. The van der Waals surface area contributed by atoms with Crippen LogP contribution in [0.4, 0.5) is 5.69 Å². The third-order valence-corrected chi connectivity index (χ3v) is 4.38. The second-order valence-electron chi connectivity index (χ2n) is 6.11. The molecule has 2 heterocycles. The third-order valence-electron chi connectivity index (χ3n) is 4.38. The number of nitro groups is 1. The Morgan fingerprint density at radius 3 is 2.57 bits per heavy atom. The smallest absolute Gasteiger partial charge is 0.340 e. The number of carbonyl (C=O) groups excluding carboxylic acids is 2. The van der Waals surface area contributed by atoms with Gasteiger partial charge in [-0.3, -0.25) is 19.9 Å². The van der Waals surface area contributed by atoms with Gasteiger partial charge in [0.05, 0.1) is 29.7 Å². The van der Waals surface area contributed by atoms with Crippen LogP contribution in [-0.2, 0) is 20.9 Å². The van der Waals surface area contributed by atoms with Crippen molar-refractivity contribution in [3.05, 3.63) is 86.9 Å². The molecule has 1 aliphatic rings. The van der Waals surface area contributed by atoms with Crippen molar-refractivity contribution in [2.75, 3.05) is 7.11 Å². The van der Waals surface area contributed by atoms with Crippen LogP contribution in [0.2, 0.25) is 0 Å². The Labute approximate surface area is 160 Å². The molecule has 0 fully saturated rings. The summed E-state index contributed by atoms with van der Waals surface area (Å²) >= 11 is 0. The molecule has 3 rings (SSSR count). The molecule has 1 aromatic heterocycles. The molecule has 1 aromatic carbocycles. The molecule has 0 radical (unpaired) electrons. The summed E-state index contributed by atoms with van der Waals surface area (Å²) in [6.07, 6.45) is 4.82. The van der Waals surface area contributed by atoms with Crippen molar-refractivity contribution in [1.29, 1.82) is 0 Å². The molecule has 0 aliphatic carbocycles. The number of esters is 1. The molecular formula is C20H17N3O5. The summed E-state index contributed by atoms with van der Waals surface area (Å²) in [7, 11) is 1.25. The van der Waals surface area contributed by atoms with Crippen LogP contribution in [-0.4, -0.2) is 33.8 Å². The zero-order valence-corrected chi connectivity index (χ0v) is 15.3. The Morgan fingerprint density at radius 1 is 1.29 bits per heavy atom. The molecule has 8 nitrogen and oxygen atoms in total. The van der Waals surface area contributed by atoms with Gasteiger partial charge < -0.3 is 9.64 Å². The lowest BCUT2D eigenvalue weighted by molar-refractivity contribution is -0.384. The molecular weight excluding hydrogens is 362 g/mol. The van der Waals surface area contributed by atoms with E-state index < -0.39 is 10.9 Å². The Morgan fingerprint density at radius 2 is 2.00 bits per heavy atom.